The maximum atomic E-state index is 12.2. The van der Waals surface area contributed by atoms with Crippen molar-refractivity contribution in [3.8, 4) is 0 Å². The summed E-state index contributed by atoms with van der Waals surface area (Å²) < 4.78 is 0. The number of fused-ring (bicyclic) bond motifs is 1. The van der Waals surface area contributed by atoms with E-state index in [0.29, 0.717) is 6.42 Å². The van der Waals surface area contributed by atoms with Crippen molar-refractivity contribution in [3.05, 3.63) is 59.2 Å². The second-order valence-electron chi connectivity index (χ2n) is 5.55. The van der Waals surface area contributed by atoms with E-state index in [1.807, 2.05) is 37.3 Å². The lowest BCUT2D eigenvalue weighted by atomic mass is 10.0. The Hall–Kier alpha value is -2.00. The highest BCUT2D eigenvalue weighted by atomic mass is 35.5. The van der Waals surface area contributed by atoms with Gasteiger partial charge < -0.3 is 10.6 Å². The molecule has 2 aromatic carbocycles. The number of hydrogen-bond acceptors (Lipinski definition) is 2. The van der Waals surface area contributed by atoms with Gasteiger partial charge in [0.05, 0.1) is 6.42 Å². The van der Waals surface area contributed by atoms with Crippen LogP contribution in [0.5, 0.6) is 0 Å². The van der Waals surface area contributed by atoms with Crippen molar-refractivity contribution in [2.24, 2.45) is 0 Å². The Morgan fingerprint density at radius 2 is 2.05 bits per heavy atom. The second kappa shape index (κ2) is 7.32. The first kappa shape index (κ1) is 16.4. The summed E-state index contributed by atoms with van der Waals surface area (Å²) >= 11 is 0. The van der Waals surface area contributed by atoms with E-state index in [2.05, 4.69) is 22.8 Å². The fourth-order valence-corrected chi connectivity index (χ4v) is 2.74. The lowest BCUT2D eigenvalue weighted by molar-refractivity contribution is -0.115. The third kappa shape index (κ3) is 3.80. The lowest BCUT2D eigenvalue weighted by Crippen LogP contribution is -2.16. The third-order valence-corrected chi connectivity index (χ3v) is 3.94. The topological polar surface area (TPSA) is 41.1 Å². The van der Waals surface area contributed by atoms with Gasteiger partial charge in [0.15, 0.2) is 0 Å². The van der Waals surface area contributed by atoms with Crippen molar-refractivity contribution in [2.45, 2.75) is 26.2 Å². The van der Waals surface area contributed by atoms with E-state index in [-0.39, 0.29) is 18.3 Å². The summed E-state index contributed by atoms with van der Waals surface area (Å²) in [6.07, 6.45) is 2.64. The summed E-state index contributed by atoms with van der Waals surface area (Å²) in [6.45, 7) is 3.07. The van der Waals surface area contributed by atoms with Gasteiger partial charge in [-0.25, -0.2) is 0 Å². The second-order valence-corrected chi connectivity index (χ2v) is 5.55. The molecule has 0 unspecified atom stereocenters. The van der Waals surface area contributed by atoms with Crippen LogP contribution in [0, 0.1) is 6.92 Å². The number of benzene rings is 2. The van der Waals surface area contributed by atoms with Crippen LogP contribution in [0.25, 0.3) is 0 Å². The minimum atomic E-state index is 0. The number of anilines is 2. The molecule has 1 aliphatic heterocycles. The Balaban J connectivity index is 0.00000176. The van der Waals surface area contributed by atoms with Gasteiger partial charge in [-0.05, 0) is 54.7 Å². The van der Waals surface area contributed by atoms with E-state index in [1.165, 1.54) is 11.3 Å². The molecule has 1 aliphatic rings. The van der Waals surface area contributed by atoms with Crippen molar-refractivity contribution < 1.29 is 4.79 Å². The van der Waals surface area contributed by atoms with E-state index in [1.54, 1.807) is 0 Å². The monoisotopic (exact) mass is 316 g/mol. The molecule has 0 saturated carbocycles. The highest BCUT2D eigenvalue weighted by Crippen LogP contribution is 2.25. The molecule has 0 bridgehead atoms. The number of amides is 1. The first-order valence-corrected chi connectivity index (χ1v) is 7.43. The Bertz CT molecular complexity index is 670. The van der Waals surface area contributed by atoms with E-state index < -0.39 is 0 Å². The van der Waals surface area contributed by atoms with Crippen LogP contribution >= 0.6 is 12.4 Å². The number of rotatable bonds is 3. The summed E-state index contributed by atoms with van der Waals surface area (Å²) in [6, 6.07) is 14.1. The summed E-state index contributed by atoms with van der Waals surface area (Å²) in [5.74, 6) is 0.0352. The standard InChI is InChI=1S/C18H20N2O.ClH/c1-13-5-2-3-6-14(13)12-18(21)20-16-8-9-17-15(11-16)7-4-10-19-17;/h2-3,5-6,8-9,11,19H,4,7,10,12H2,1H3,(H,20,21);1H. The predicted molar refractivity (Wildman–Crippen MR) is 94.0 cm³/mol. The van der Waals surface area contributed by atoms with Crippen molar-refractivity contribution in [2.75, 3.05) is 17.2 Å². The van der Waals surface area contributed by atoms with Gasteiger partial charge in [0.2, 0.25) is 5.91 Å². The Morgan fingerprint density at radius 1 is 1.23 bits per heavy atom. The van der Waals surface area contributed by atoms with Crippen LogP contribution in [0.2, 0.25) is 0 Å². The van der Waals surface area contributed by atoms with Gasteiger partial charge in [0, 0.05) is 17.9 Å². The molecule has 0 aromatic heterocycles. The zero-order chi connectivity index (χ0) is 14.7. The normalized spacial score (nSPS) is 12.6. The van der Waals surface area contributed by atoms with Crippen LogP contribution in [0.15, 0.2) is 42.5 Å². The number of nitrogens with one attached hydrogen (secondary N) is 2. The number of carbonyl (C=O) groups is 1. The number of hydrogen-bond donors (Lipinski definition) is 2. The molecule has 2 aromatic rings. The maximum absolute atomic E-state index is 12.2. The zero-order valence-electron chi connectivity index (χ0n) is 12.7. The van der Waals surface area contributed by atoms with Crippen molar-refractivity contribution in [3.63, 3.8) is 0 Å². The van der Waals surface area contributed by atoms with Gasteiger partial charge in [-0.3, -0.25) is 4.79 Å². The van der Waals surface area contributed by atoms with E-state index in [4.69, 9.17) is 0 Å². The molecule has 1 heterocycles. The molecule has 3 nitrogen and oxygen atoms in total. The van der Waals surface area contributed by atoms with Gasteiger partial charge >= 0.3 is 0 Å². The predicted octanol–water partition coefficient (Wildman–Crippen LogP) is 3.96. The zero-order valence-corrected chi connectivity index (χ0v) is 13.5. The minimum absolute atomic E-state index is 0. The molecule has 0 radical (unpaired) electrons. The number of halogens is 1. The summed E-state index contributed by atoms with van der Waals surface area (Å²) in [4.78, 5) is 12.2. The van der Waals surface area contributed by atoms with Crippen molar-refractivity contribution >= 4 is 29.7 Å². The average molecular weight is 317 g/mol. The molecule has 0 atom stereocenters. The molecule has 0 aliphatic carbocycles. The van der Waals surface area contributed by atoms with E-state index in [0.717, 1.165) is 36.2 Å². The van der Waals surface area contributed by atoms with Crippen LogP contribution in [0.3, 0.4) is 0 Å². The van der Waals surface area contributed by atoms with Crippen LogP contribution in [0.1, 0.15) is 23.1 Å². The van der Waals surface area contributed by atoms with Gasteiger partial charge in [-0.15, -0.1) is 12.4 Å². The van der Waals surface area contributed by atoms with Gasteiger partial charge in [-0.1, -0.05) is 24.3 Å². The number of carbonyl (C=O) groups excluding carboxylic acids is 1. The van der Waals surface area contributed by atoms with Gasteiger partial charge in [0.1, 0.15) is 0 Å². The van der Waals surface area contributed by atoms with Crippen LogP contribution in [0.4, 0.5) is 11.4 Å². The van der Waals surface area contributed by atoms with Gasteiger partial charge in [-0.2, -0.15) is 0 Å². The Kier molecular flexibility index (Phi) is 5.45. The highest BCUT2D eigenvalue weighted by molar-refractivity contribution is 5.92. The molecule has 0 saturated heterocycles. The minimum Gasteiger partial charge on any atom is -0.385 e. The van der Waals surface area contributed by atoms with Crippen LogP contribution < -0.4 is 10.6 Å². The molecule has 3 rings (SSSR count). The summed E-state index contributed by atoms with van der Waals surface area (Å²) in [5.41, 5.74) is 5.60. The summed E-state index contributed by atoms with van der Waals surface area (Å²) in [5, 5.41) is 6.38. The SMILES string of the molecule is Cc1ccccc1CC(=O)Nc1ccc2c(c1)CCCN2.Cl. The van der Waals surface area contributed by atoms with Crippen LogP contribution in [-0.2, 0) is 17.6 Å². The molecule has 1 amide bonds. The Labute approximate surface area is 137 Å². The quantitative estimate of drug-likeness (QED) is 0.900. The fourth-order valence-electron chi connectivity index (χ4n) is 2.74. The number of aryl methyl sites for hydroxylation is 2. The van der Waals surface area contributed by atoms with Crippen molar-refractivity contribution in [1.29, 1.82) is 0 Å². The molecular weight excluding hydrogens is 296 g/mol. The smallest absolute Gasteiger partial charge is 0.228 e. The van der Waals surface area contributed by atoms with E-state index >= 15 is 0 Å². The highest BCUT2D eigenvalue weighted by Gasteiger charge is 2.11. The molecule has 22 heavy (non-hydrogen) atoms. The first-order chi connectivity index (χ1) is 10.2. The molecular formula is C18H21ClN2O. The fraction of sp³-hybridized carbons (Fsp3) is 0.278. The third-order valence-electron chi connectivity index (χ3n) is 3.94. The molecule has 116 valence electrons. The Morgan fingerprint density at radius 3 is 2.86 bits per heavy atom. The average Bonchev–Trinajstić information content (AvgIpc) is 2.49. The largest absolute Gasteiger partial charge is 0.385 e. The van der Waals surface area contributed by atoms with Gasteiger partial charge in [0.25, 0.3) is 0 Å². The van der Waals surface area contributed by atoms with Crippen molar-refractivity contribution in [1.82, 2.24) is 0 Å². The molecule has 4 heteroatoms. The first-order valence-electron chi connectivity index (χ1n) is 7.43. The molecule has 0 spiro atoms. The molecule has 2 N–H and O–H groups in total. The van der Waals surface area contributed by atoms with E-state index in [9.17, 15) is 4.79 Å². The molecule has 0 fully saturated rings. The maximum Gasteiger partial charge on any atom is 0.228 e. The van der Waals surface area contributed by atoms with Crippen LogP contribution in [-0.4, -0.2) is 12.5 Å². The lowest BCUT2D eigenvalue weighted by Gasteiger charge is -2.18. The summed E-state index contributed by atoms with van der Waals surface area (Å²) in [7, 11) is 0.